The van der Waals surface area contributed by atoms with Crippen LogP contribution in [-0.2, 0) is 9.59 Å². The molecule has 1 aromatic rings. The van der Waals surface area contributed by atoms with Crippen LogP contribution in [0.4, 0.5) is 10.1 Å². The van der Waals surface area contributed by atoms with Gasteiger partial charge in [-0.05, 0) is 31.5 Å². The third-order valence-corrected chi connectivity index (χ3v) is 2.54. The van der Waals surface area contributed by atoms with E-state index >= 15 is 0 Å². The highest BCUT2D eigenvalue weighted by Crippen LogP contribution is 2.25. The molecular weight excluding hydrogens is 245 g/mol. The molecule has 0 aliphatic heterocycles. The second-order valence-corrected chi connectivity index (χ2v) is 4.24. The molecule has 1 amide bonds. The van der Waals surface area contributed by atoms with Crippen LogP contribution in [0.25, 0.3) is 0 Å². The van der Waals surface area contributed by atoms with Crippen LogP contribution in [0.2, 0.25) is 5.02 Å². The van der Waals surface area contributed by atoms with Crippen LogP contribution in [0, 0.1) is 12.7 Å². The first kappa shape index (κ1) is 13.6. The molecule has 1 rings (SSSR count). The number of ketones is 1. The zero-order chi connectivity index (χ0) is 13.0. The highest BCUT2D eigenvalue weighted by atomic mass is 35.5. The van der Waals surface area contributed by atoms with E-state index in [0.717, 1.165) is 0 Å². The summed E-state index contributed by atoms with van der Waals surface area (Å²) in [5.74, 6) is -0.858. The van der Waals surface area contributed by atoms with E-state index in [1.165, 1.54) is 19.1 Å². The minimum Gasteiger partial charge on any atom is -0.325 e. The van der Waals surface area contributed by atoms with E-state index in [9.17, 15) is 14.0 Å². The van der Waals surface area contributed by atoms with Gasteiger partial charge >= 0.3 is 0 Å². The van der Waals surface area contributed by atoms with E-state index in [2.05, 4.69) is 5.32 Å². The zero-order valence-electron chi connectivity index (χ0n) is 9.64. The van der Waals surface area contributed by atoms with E-state index in [1.807, 2.05) is 0 Å². The highest BCUT2D eigenvalue weighted by molar-refractivity contribution is 6.33. The maximum Gasteiger partial charge on any atom is 0.224 e. The van der Waals surface area contributed by atoms with Crippen molar-refractivity contribution in [3.8, 4) is 0 Å². The smallest absolute Gasteiger partial charge is 0.224 e. The average Bonchev–Trinajstić information content (AvgIpc) is 2.23. The fraction of sp³-hybridized carbons (Fsp3) is 0.333. The van der Waals surface area contributed by atoms with Gasteiger partial charge in [0.2, 0.25) is 5.91 Å². The Morgan fingerprint density at radius 2 is 2.00 bits per heavy atom. The van der Waals surface area contributed by atoms with Crippen molar-refractivity contribution in [3.63, 3.8) is 0 Å². The highest BCUT2D eigenvalue weighted by Gasteiger charge is 2.09. The second kappa shape index (κ2) is 5.77. The van der Waals surface area contributed by atoms with Crippen molar-refractivity contribution in [2.24, 2.45) is 0 Å². The van der Waals surface area contributed by atoms with Gasteiger partial charge in [0.1, 0.15) is 11.6 Å². The average molecular weight is 258 g/mol. The quantitative estimate of drug-likeness (QED) is 0.901. The molecule has 1 N–H and O–H groups in total. The molecule has 0 bridgehead atoms. The minimum atomic E-state index is -0.434. The fourth-order valence-electron chi connectivity index (χ4n) is 1.24. The first-order chi connectivity index (χ1) is 7.90. The molecule has 0 unspecified atom stereocenters. The Bertz CT molecular complexity index is 460. The first-order valence-corrected chi connectivity index (χ1v) is 5.53. The van der Waals surface area contributed by atoms with E-state index in [4.69, 9.17) is 11.6 Å². The third kappa shape index (κ3) is 4.15. The number of carbonyl (C=O) groups excluding carboxylic acids is 2. The van der Waals surface area contributed by atoms with Crippen LogP contribution < -0.4 is 5.32 Å². The zero-order valence-corrected chi connectivity index (χ0v) is 10.4. The van der Waals surface area contributed by atoms with Crippen LogP contribution in [0.1, 0.15) is 25.3 Å². The van der Waals surface area contributed by atoms with Crippen LogP contribution in [0.3, 0.4) is 0 Å². The lowest BCUT2D eigenvalue weighted by Crippen LogP contribution is -2.13. The summed E-state index contributed by atoms with van der Waals surface area (Å²) in [6.45, 7) is 2.99. The summed E-state index contributed by atoms with van der Waals surface area (Å²) in [4.78, 5) is 22.1. The van der Waals surface area contributed by atoms with Crippen molar-refractivity contribution in [1.82, 2.24) is 0 Å². The van der Waals surface area contributed by atoms with E-state index in [1.54, 1.807) is 6.92 Å². The van der Waals surface area contributed by atoms with Crippen LogP contribution >= 0.6 is 11.6 Å². The van der Waals surface area contributed by atoms with Crippen molar-refractivity contribution in [3.05, 3.63) is 28.5 Å². The lowest BCUT2D eigenvalue weighted by Gasteiger charge is -2.08. The SMILES string of the molecule is CC(=O)CCC(=O)Nc1cc(F)c(C)cc1Cl. The number of rotatable bonds is 4. The molecule has 3 nitrogen and oxygen atoms in total. The first-order valence-electron chi connectivity index (χ1n) is 5.15. The van der Waals surface area contributed by atoms with E-state index < -0.39 is 5.82 Å². The van der Waals surface area contributed by atoms with E-state index in [-0.39, 0.29) is 35.2 Å². The monoisotopic (exact) mass is 257 g/mol. The van der Waals surface area contributed by atoms with Crippen molar-refractivity contribution in [2.75, 3.05) is 5.32 Å². The number of aryl methyl sites for hydroxylation is 1. The molecule has 0 saturated carbocycles. The Hall–Kier alpha value is -1.42. The number of amides is 1. The lowest BCUT2D eigenvalue weighted by atomic mass is 10.2. The van der Waals surface area contributed by atoms with Gasteiger partial charge in [-0.25, -0.2) is 4.39 Å². The molecule has 0 atom stereocenters. The standard InChI is InChI=1S/C12H13ClFNO2/c1-7-5-9(13)11(6-10(7)14)15-12(17)4-3-8(2)16/h5-6H,3-4H2,1-2H3,(H,15,17). The molecular formula is C12H13ClFNO2. The molecule has 0 aromatic heterocycles. The molecule has 0 aliphatic rings. The maximum atomic E-state index is 13.3. The van der Waals surface area contributed by atoms with Gasteiger partial charge in [-0.3, -0.25) is 4.79 Å². The largest absolute Gasteiger partial charge is 0.325 e. The van der Waals surface area contributed by atoms with Gasteiger partial charge in [-0.2, -0.15) is 0 Å². The van der Waals surface area contributed by atoms with E-state index in [0.29, 0.717) is 5.56 Å². The van der Waals surface area contributed by atoms with Crippen molar-refractivity contribution >= 4 is 29.0 Å². The predicted octanol–water partition coefficient (Wildman–Crippen LogP) is 3.10. The maximum absolute atomic E-state index is 13.3. The number of anilines is 1. The second-order valence-electron chi connectivity index (χ2n) is 3.83. The number of Topliss-reactive ketones (excluding diaryl/α,β-unsaturated/α-hetero) is 1. The number of hydrogen-bond acceptors (Lipinski definition) is 2. The summed E-state index contributed by atoms with van der Waals surface area (Å²) >= 11 is 5.86. The predicted molar refractivity (Wildman–Crippen MR) is 64.7 cm³/mol. The van der Waals surface area contributed by atoms with Gasteiger partial charge in [0.25, 0.3) is 0 Å². The van der Waals surface area contributed by atoms with Gasteiger partial charge in [-0.1, -0.05) is 11.6 Å². The molecule has 17 heavy (non-hydrogen) atoms. The Morgan fingerprint density at radius 1 is 1.35 bits per heavy atom. The normalized spacial score (nSPS) is 10.1. The molecule has 0 fully saturated rings. The van der Waals surface area contributed by atoms with Gasteiger partial charge in [0.15, 0.2) is 0 Å². The Kier molecular flexibility index (Phi) is 4.63. The number of carbonyl (C=O) groups is 2. The summed E-state index contributed by atoms with van der Waals surface area (Å²) in [5.41, 5.74) is 0.639. The molecule has 1 aromatic carbocycles. The third-order valence-electron chi connectivity index (χ3n) is 2.23. The Balaban J connectivity index is 2.71. The van der Waals surface area contributed by atoms with Gasteiger partial charge < -0.3 is 10.1 Å². The fourth-order valence-corrected chi connectivity index (χ4v) is 1.51. The van der Waals surface area contributed by atoms with Crippen LogP contribution in [-0.4, -0.2) is 11.7 Å². The Labute approximate surface area is 104 Å². The molecule has 5 heteroatoms. The molecule has 0 aliphatic carbocycles. The molecule has 0 saturated heterocycles. The summed E-state index contributed by atoms with van der Waals surface area (Å²) in [7, 11) is 0. The summed E-state index contributed by atoms with van der Waals surface area (Å²) in [5, 5.41) is 2.75. The van der Waals surface area contributed by atoms with Gasteiger partial charge in [0.05, 0.1) is 10.7 Å². The van der Waals surface area contributed by atoms with Gasteiger partial charge in [0, 0.05) is 12.8 Å². The summed E-state index contributed by atoms with van der Waals surface area (Å²) in [6, 6.07) is 2.61. The number of hydrogen-bond donors (Lipinski definition) is 1. The van der Waals surface area contributed by atoms with Crippen molar-refractivity contribution in [2.45, 2.75) is 26.7 Å². The minimum absolute atomic E-state index is 0.0682. The summed E-state index contributed by atoms with van der Waals surface area (Å²) in [6.07, 6.45) is 0.235. The molecule has 0 radical (unpaired) electrons. The molecule has 0 heterocycles. The van der Waals surface area contributed by atoms with Crippen LogP contribution in [0.5, 0.6) is 0 Å². The number of nitrogens with one attached hydrogen (secondary N) is 1. The summed E-state index contributed by atoms with van der Waals surface area (Å²) < 4.78 is 13.3. The number of benzene rings is 1. The number of halogens is 2. The van der Waals surface area contributed by atoms with Crippen LogP contribution in [0.15, 0.2) is 12.1 Å². The molecule has 92 valence electrons. The van der Waals surface area contributed by atoms with Crippen molar-refractivity contribution in [1.29, 1.82) is 0 Å². The molecule has 0 spiro atoms. The van der Waals surface area contributed by atoms with Gasteiger partial charge in [-0.15, -0.1) is 0 Å². The Morgan fingerprint density at radius 3 is 2.59 bits per heavy atom. The lowest BCUT2D eigenvalue weighted by molar-refractivity contribution is -0.121. The topological polar surface area (TPSA) is 46.2 Å². The van der Waals surface area contributed by atoms with Crippen molar-refractivity contribution < 1.29 is 14.0 Å².